The van der Waals surface area contributed by atoms with Gasteiger partial charge in [-0.1, -0.05) is 40.9 Å². The Labute approximate surface area is 114 Å². The first-order valence-electron chi connectivity index (χ1n) is 5.06. The molecule has 92 valence electrons. The molecule has 1 aromatic carbocycles. The van der Waals surface area contributed by atoms with E-state index >= 15 is 0 Å². The molecule has 0 aliphatic carbocycles. The maximum atomic E-state index is 13.0. The van der Waals surface area contributed by atoms with E-state index in [1.54, 1.807) is 11.0 Å². The number of hydrogen-bond acceptors (Lipinski definition) is 1. The van der Waals surface area contributed by atoms with Gasteiger partial charge in [-0.2, -0.15) is 0 Å². The molecule has 6 heteroatoms. The summed E-state index contributed by atoms with van der Waals surface area (Å²) in [5.41, 5.74) is 1.93. The minimum atomic E-state index is -1.71. The normalized spacial score (nSPS) is 15.6. The highest BCUT2D eigenvalue weighted by molar-refractivity contribution is 6.76. The minimum Gasteiger partial charge on any atom is -0.352 e. The fourth-order valence-corrected chi connectivity index (χ4v) is 2.25. The molecular weight excluding hydrogens is 285 g/mol. The lowest BCUT2D eigenvalue weighted by Crippen LogP contribution is -2.41. The third-order valence-corrected chi connectivity index (χ3v) is 3.30. The molecule has 1 aromatic rings. The van der Waals surface area contributed by atoms with Crippen LogP contribution in [0.3, 0.4) is 0 Å². The quantitative estimate of drug-likeness (QED) is 0.442. The first-order chi connectivity index (χ1) is 7.88. The first-order valence-corrected chi connectivity index (χ1v) is 6.19. The minimum absolute atomic E-state index is 0.0440. The molecule has 0 radical (unpaired) electrons. The average Bonchev–Trinajstić information content (AvgIpc) is 2.26. The van der Waals surface area contributed by atoms with E-state index in [0.29, 0.717) is 19.5 Å². The summed E-state index contributed by atoms with van der Waals surface area (Å²) in [5, 5.41) is 7.77. The topological polar surface area (TPSA) is 27.1 Å². The number of hydrogen-bond donors (Lipinski definition) is 1. The molecule has 1 heterocycles. The summed E-state index contributed by atoms with van der Waals surface area (Å²) in [5.74, 6) is -0.286. The van der Waals surface area contributed by atoms with Gasteiger partial charge in [0.05, 0.1) is 0 Å². The van der Waals surface area contributed by atoms with E-state index in [0.717, 1.165) is 11.1 Å². The number of amidine groups is 1. The average molecular weight is 296 g/mol. The van der Waals surface area contributed by atoms with Gasteiger partial charge in [-0.15, -0.1) is 0 Å². The van der Waals surface area contributed by atoms with Crippen molar-refractivity contribution in [3.8, 4) is 0 Å². The summed E-state index contributed by atoms with van der Waals surface area (Å²) >= 11 is 17.0. The number of halogens is 4. The van der Waals surface area contributed by atoms with Crippen LogP contribution in [0.5, 0.6) is 0 Å². The monoisotopic (exact) mass is 294 g/mol. The van der Waals surface area contributed by atoms with Crippen LogP contribution in [0.4, 0.5) is 4.39 Å². The van der Waals surface area contributed by atoms with Gasteiger partial charge < -0.3 is 4.90 Å². The Bertz CT molecular complexity index is 457. The van der Waals surface area contributed by atoms with E-state index in [1.165, 1.54) is 12.1 Å². The van der Waals surface area contributed by atoms with Crippen molar-refractivity contribution in [2.24, 2.45) is 0 Å². The van der Waals surface area contributed by atoms with E-state index < -0.39 is 3.79 Å². The van der Waals surface area contributed by atoms with Crippen molar-refractivity contribution in [3.63, 3.8) is 0 Å². The molecule has 2 rings (SSSR count). The molecule has 0 amide bonds. The Morgan fingerprint density at radius 3 is 2.65 bits per heavy atom. The highest BCUT2D eigenvalue weighted by Gasteiger charge is 2.32. The highest BCUT2D eigenvalue weighted by atomic mass is 35.6. The lowest BCUT2D eigenvalue weighted by Gasteiger charge is -2.33. The van der Waals surface area contributed by atoms with Crippen molar-refractivity contribution in [2.45, 2.75) is 16.8 Å². The van der Waals surface area contributed by atoms with Crippen LogP contribution < -0.4 is 0 Å². The van der Waals surface area contributed by atoms with E-state index in [1.807, 2.05) is 0 Å². The summed E-state index contributed by atoms with van der Waals surface area (Å²) in [6.07, 6.45) is 0.649. The lowest BCUT2D eigenvalue weighted by molar-refractivity contribution is 0.385. The molecule has 1 aliphatic rings. The zero-order valence-corrected chi connectivity index (χ0v) is 11.1. The van der Waals surface area contributed by atoms with E-state index in [2.05, 4.69) is 0 Å². The van der Waals surface area contributed by atoms with Crippen molar-refractivity contribution in [2.75, 3.05) is 6.54 Å². The number of nitrogens with one attached hydrogen (secondary N) is 1. The Morgan fingerprint density at radius 2 is 2.00 bits per heavy atom. The molecule has 1 N–H and O–H groups in total. The zero-order chi connectivity index (χ0) is 12.6. The second-order valence-electron chi connectivity index (χ2n) is 3.93. The summed E-state index contributed by atoms with van der Waals surface area (Å²) in [7, 11) is 0. The van der Waals surface area contributed by atoms with Gasteiger partial charge in [-0.05, 0) is 29.7 Å². The Kier molecular flexibility index (Phi) is 3.53. The van der Waals surface area contributed by atoms with Gasteiger partial charge in [-0.25, -0.2) is 4.39 Å². The van der Waals surface area contributed by atoms with Gasteiger partial charge in [0.25, 0.3) is 0 Å². The standard InChI is InChI=1S/C11H10Cl3FN2/c12-11(13,14)10(16)17-4-3-7-5-9(15)2-1-8(7)6-17/h1-2,5,16H,3-4,6H2. The number of rotatable bonds is 0. The highest BCUT2D eigenvalue weighted by Crippen LogP contribution is 2.31. The molecule has 0 atom stereocenters. The summed E-state index contributed by atoms with van der Waals surface area (Å²) in [6, 6.07) is 4.63. The van der Waals surface area contributed by atoms with E-state index in [4.69, 9.17) is 40.2 Å². The summed E-state index contributed by atoms with van der Waals surface area (Å²) in [6.45, 7) is 1.03. The molecule has 0 saturated carbocycles. The van der Waals surface area contributed by atoms with E-state index in [-0.39, 0.29) is 11.7 Å². The van der Waals surface area contributed by atoms with Crippen LogP contribution in [-0.2, 0) is 13.0 Å². The maximum Gasteiger partial charge on any atom is 0.247 e. The van der Waals surface area contributed by atoms with Crippen molar-refractivity contribution >= 4 is 40.6 Å². The lowest BCUT2D eigenvalue weighted by atomic mass is 9.99. The largest absolute Gasteiger partial charge is 0.352 e. The molecule has 0 spiro atoms. The molecule has 0 aromatic heterocycles. The Hall–Kier alpha value is -0.510. The fourth-order valence-electron chi connectivity index (χ4n) is 1.89. The Balaban J connectivity index is 2.19. The smallest absolute Gasteiger partial charge is 0.247 e. The molecule has 0 fully saturated rings. The second-order valence-corrected chi connectivity index (χ2v) is 6.21. The van der Waals surface area contributed by atoms with Crippen LogP contribution in [0, 0.1) is 11.2 Å². The van der Waals surface area contributed by atoms with Gasteiger partial charge in [0, 0.05) is 13.1 Å². The van der Waals surface area contributed by atoms with Crippen LogP contribution in [0.25, 0.3) is 0 Å². The van der Waals surface area contributed by atoms with Gasteiger partial charge in [0.2, 0.25) is 3.79 Å². The van der Waals surface area contributed by atoms with Crippen LogP contribution >= 0.6 is 34.8 Å². The number of fused-ring (bicyclic) bond motifs is 1. The van der Waals surface area contributed by atoms with Gasteiger partial charge in [-0.3, -0.25) is 5.41 Å². The predicted octanol–water partition coefficient (Wildman–Crippen LogP) is 3.53. The molecule has 0 saturated heterocycles. The maximum absolute atomic E-state index is 13.0. The van der Waals surface area contributed by atoms with Crippen LogP contribution in [-0.4, -0.2) is 21.1 Å². The van der Waals surface area contributed by atoms with E-state index in [9.17, 15) is 4.39 Å². The molecule has 0 bridgehead atoms. The number of benzene rings is 1. The second kappa shape index (κ2) is 4.63. The third-order valence-electron chi connectivity index (χ3n) is 2.77. The number of alkyl halides is 3. The van der Waals surface area contributed by atoms with Crippen LogP contribution in [0.2, 0.25) is 0 Å². The summed E-state index contributed by atoms with van der Waals surface area (Å²) < 4.78 is 11.3. The summed E-state index contributed by atoms with van der Waals surface area (Å²) in [4.78, 5) is 1.69. The van der Waals surface area contributed by atoms with Crippen LogP contribution in [0.15, 0.2) is 18.2 Å². The fraction of sp³-hybridized carbons (Fsp3) is 0.364. The van der Waals surface area contributed by atoms with Crippen molar-refractivity contribution in [3.05, 3.63) is 35.1 Å². The molecular formula is C11H10Cl3FN2. The van der Waals surface area contributed by atoms with Gasteiger partial charge >= 0.3 is 0 Å². The van der Waals surface area contributed by atoms with Crippen LogP contribution in [0.1, 0.15) is 11.1 Å². The SMILES string of the molecule is N=C(N1CCc2cc(F)ccc2C1)C(Cl)(Cl)Cl. The van der Waals surface area contributed by atoms with Crippen molar-refractivity contribution in [1.29, 1.82) is 5.41 Å². The predicted molar refractivity (Wildman–Crippen MR) is 68.5 cm³/mol. The van der Waals surface area contributed by atoms with Crippen molar-refractivity contribution in [1.82, 2.24) is 4.90 Å². The molecule has 1 aliphatic heterocycles. The number of nitrogens with zero attached hydrogens (tertiary/aromatic N) is 1. The molecule has 17 heavy (non-hydrogen) atoms. The zero-order valence-electron chi connectivity index (χ0n) is 8.81. The van der Waals surface area contributed by atoms with Crippen molar-refractivity contribution < 1.29 is 4.39 Å². The first kappa shape index (κ1) is 12.9. The van der Waals surface area contributed by atoms with Gasteiger partial charge in [0.1, 0.15) is 11.7 Å². The molecule has 0 unspecified atom stereocenters. The third kappa shape index (κ3) is 2.84. The Morgan fingerprint density at radius 1 is 1.29 bits per heavy atom. The van der Waals surface area contributed by atoms with Gasteiger partial charge in [0.15, 0.2) is 0 Å². The molecule has 2 nitrogen and oxygen atoms in total.